The number of pyridine rings is 1. The van der Waals surface area contributed by atoms with Crippen LogP contribution in [0.3, 0.4) is 0 Å². The van der Waals surface area contributed by atoms with E-state index in [1.165, 1.54) is 6.07 Å². The van der Waals surface area contributed by atoms with Crippen molar-refractivity contribution in [2.24, 2.45) is 0 Å². The molecule has 1 aromatic heterocycles. The van der Waals surface area contributed by atoms with Crippen molar-refractivity contribution in [2.75, 3.05) is 31.1 Å². The smallest absolute Gasteiger partial charge is 0.128 e. The number of benzene rings is 1. The Morgan fingerprint density at radius 3 is 2.70 bits per heavy atom. The molecule has 1 fully saturated rings. The Morgan fingerprint density at radius 1 is 1.09 bits per heavy atom. The molecular weight excluding hydrogens is 291 g/mol. The van der Waals surface area contributed by atoms with Crippen LogP contribution in [0.2, 0.25) is 0 Å². The van der Waals surface area contributed by atoms with Gasteiger partial charge in [0.1, 0.15) is 17.7 Å². The van der Waals surface area contributed by atoms with Crippen molar-refractivity contribution in [3.63, 3.8) is 0 Å². The summed E-state index contributed by atoms with van der Waals surface area (Å²) in [6.45, 7) is 4.23. The molecule has 3 rings (SSSR count). The highest BCUT2D eigenvalue weighted by Gasteiger charge is 2.17. The molecule has 1 aliphatic heterocycles. The number of nitriles is 1. The van der Waals surface area contributed by atoms with Crippen molar-refractivity contribution >= 4 is 5.82 Å². The third-order valence-electron chi connectivity index (χ3n) is 4.14. The van der Waals surface area contributed by atoms with Crippen LogP contribution in [0.4, 0.5) is 10.2 Å². The van der Waals surface area contributed by atoms with E-state index in [-0.39, 0.29) is 5.82 Å². The van der Waals surface area contributed by atoms with E-state index >= 15 is 0 Å². The molecule has 0 N–H and O–H groups in total. The highest BCUT2D eigenvalue weighted by atomic mass is 19.1. The lowest BCUT2D eigenvalue weighted by atomic mass is 10.2. The zero-order valence-corrected chi connectivity index (χ0v) is 13.0. The van der Waals surface area contributed by atoms with Crippen molar-refractivity contribution in [2.45, 2.75) is 13.0 Å². The van der Waals surface area contributed by atoms with E-state index in [1.54, 1.807) is 18.3 Å². The molecule has 4 nitrogen and oxygen atoms in total. The molecule has 118 valence electrons. The Balaban J connectivity index is 1.63. The predicted octanol–water partition coefficient (Wildman–Crippen LogP) is 2.80. The topological polar surface area (TPSA) is 43.2 Å². The molecule has 1 aromatic carbocycles. The highest BCUT2D eigenvalue weighted by molar-refractivity contribution is 5.42. The summed E-state index contributed by atoms with van der Waals surface area (Å²) < 4.78 is 13.8. The summed E-state index contributed by atoms with van der Waals surface area (Å²) in [5.74, 6) is 0.763. The van der Waals surface area contributed by atoms with Gasteiger partial charge in [0.2, 0.25) is 0 Å². The molecule has 0 radical (unpaired) electrons. The van der Waals surface area contributed by atoms with Gasteiger partial charge in [-0.05, 0) is 24.6 Å². The van der Waals surface area contributed by atoms with Crippen molar-refractivity contribution in [1.29, 1.82) is 5.26 Å². The minimum Gasteiger partial charge on any atom is -0.355 e. The summed E-state index contributed by atoms with van der Waals surface area (Å²) in [6.07, 6.45) is 2.62. The monoisotopic (exact) mass is 310 g/mol. The molecule has 0 bridgehead atoms. The zero-order chi connectivity index (χ0) is 16.1. The van der Waals surface area contributed by atoms with Crippen LogP contribution >= 0.6 is 0 Å². The molecule has 2 heterocycles. The first-order valence-electron chi connectivity index (χ1n) is 7.83. The third-order valence-corrected chi connectivity index (χ3v) is 4.14. The molecule has 0 unspecified atom stereocenters. The summed E-state index contributed by atoms with van der Waals surface area (Å²) in [6, 6.07) is 12.7. The zero-order valence-electron chi connectivity index (χ0n) is 13.0. The molecule has 0 atom stereocenters. The Bertz CT molecular complexity index is 693. The Hall–Kier alpha value is -2.45. The second kappa shape index (κ2) is 7.21. The molecule has 2 aromatic rings. The SMILES string of the molecule is N#Cc1ccc(N2CCCN(Cc3ccccc3F)CC2)nc1. The Labute approximate surface area is 135 Å². The van der Waals surface area contributed by atoms with Crippen LogP contribution < -0.4 is 4.90 Å². The number of hydrogen-bond acceptors (Lipinski definition) is 4. The maximum Gasteiger partial charge on any atom is 0.128 e. The van der Waals surface area contributed by atoms with Gasteiger partial charge in [-0.25, -0.2) is 9.37 Å². The molecule has 1 aliphatic rings. The normalized spacial score (nSPS) is 15.9. The lowest BCUT2D eigenvalue weighted by Crippen LogP contribution is -2.31. The average Bonchev–Trinajstić information content (AvgIpc) is 2.83. The fourth-order valence-electron chi connectivity index (χ4n) is 2.86. The first-order valence-corrected chi connectivity index (χ1v) is 7.83. The van der Waals surface area contributed by atoms with E-state index in [4.69, 9.17) is 5.26 Å². The summed E-state index contributed by atoms with van der Waals surface area (Å²) in [7, 11) is 0. The van der Waals surface area contributed by atoms with Crippen LogP contribution in [0, 0.1) is 17.1 Å². The van der Waals surface area contributed by atoms with Gasteiger partial charge in [-0.3, -0.25) is 4.90 Å². The van der Waals surface area contributed by atoms with Gasteiger partial charge >= 0.3 is 0 Å². The minimum atomic E-state index is -0.137. The molecule has 5 heteroatoms. The molecular formula is C18H19FN4. The standard InChI is InChI=1S/C18H19FN4/c19-17-5-2-1-4-16(17)14-22-8-3-9-23(11-10-22)18-7-6-15(12-20)13-21-18/h1-2,4-7,13H,3,8-11,14H2. The van der Waals surface area contributed by atoms with Crippen LogP contribution in [-0.2, 0) is 6.54 Å². The quantitative estimate of drug-likeness (QED) is 0.874. The molecule has 1 saturated heterocycles. The van der Waals surface area contributed by atoms with Crippen molar-refractivity contribution in [1.82, 2.24) is 9.88 Å². The van der Waals surface area contributed by atoms with Gasteiger partial charge < -0.3 is 4.90 Å². The van der Waals surface area contributed by atoms with Gasteiger partial charge in [0.15, 0.2) is 0 Å². The highest BCUT2D eigenvalue weighted by Crippen LogP contribution is 2.16. The van der Waals surface area contributed by atoms with Crippen LogP contribution in [0.5, 0.6) is 0 Å². The second-order valence-corrected chi connectivity index (χ2v) is 5.73. The summed E-state index contributed by atoms with van der Waals surface area (Å²) in [4.78, 5) is 8.87. The van der Waals surface area contributed by atoms with Gasteiger partial charge in [0.05, 0.1) is 5.56 Å². The van der Waals surface area contributed by atoms with Gasteiger partial charge in [0.25, 0.3) is 0 Å². The van der Waals surface area contributed by atoms with E-state index < -0.39 is 0 Å². The average molecular weight is 310 g/mol. The molecule has 0 saturated carbocycles. The van der Waals surface area contributed by atoms with E-state index in [1.807, 2.05) is 18.2 Å². The number of hydrogen-bond donors (Lipinski definition) is 0. The molecule has 23 heavy (non-hydrogen) atoms. The fraction of sp³-hybridized carbons (Fsp3) is 0.333. The van der Waals surface area contributed by atoms with Gasteiger partial charge in [-0.15, -0.1) is 0 Å². The van der Waals surface area contributed by atoms with Gasteiger partial charge in [-0.2, -0.15) is 5.26 Å². The van der Waals surface area contributed by atoms with E-state index in [0.717, 1.165) is 44.0 Å². The first-order chi connectivity index (χ1) is 11.3. The Kier molecular flexibility index (Phi) is 4.84. The van der Waals surface area contributed by atoms with Crippen LogP contribution in [0.25, 0.3) is 0 Å². The van der Waals surface area contributed by atoms with E-state index in [0.29, 0.717) is 12.1 Å². The first kappa shape index (κ1) is 15.4. The number of aromatic nitrogens is 1. The number of anilines is 1. The van der Waals surface area contributed by atoms with Crippen LogP contribution in [0.15, 0.2) is 42.6 Å². The summed E-state index contributed by atoms with van der Waals surface area (Å²) in [5.41, 5.74) is 1.32. The number of rotatable bonds is 3. The summed E-state index contributed by atoms with van der Waals surface area (Å²) in [5, 5.41) is 8.84. The molecule has 0 aliphatic carbocycles. The largest absolute Gasteiger partial charge is 0.355 e. The lowest BCUT2D eigenvalue weighted by Gasteiger charge is -2.22. The molecule has 0 amide bonds. The van der Waals surface area contributed by atoms with Crippen molar-refractivity contribution < 1.29 is 4.39 Å². The molecule has 0 spiro atoms. The van der Waals surface area contributed by atoms with Gasteiger partial charge in [0, 0.05) is 44.5 Å². The van der Waals surface area contributed by atoms with E-state index in [9.17, 15) is 4.39 Å². The Morgan fingerprint density at radius 2 is 1.96 bits per heavy atom. The predicted molar refractivity (Wildman–Crippen MR) is 87.5 cm³/mol. The lowest BCUT2D eigenvalue weighted by molar-refractivity contribution is 0.281. The van der Waals surface area contributed by atoms with Crippen LogP contribution in [-0.4, -0.2) is 36.1 Å². The second-order valence-electron chi connectivity index (χ2n) is 5.73. The number of nitrogens with zero attached hydrogens (tertiary/aromatic N) is 4. The van der Waals surface area contributed by atoms with Crippen LogP contribution in [0.1, 0.15) is 17.5 Å². The fourth-order valence-corrected chi connectivity index (χ4v) is 2.86. The minimum absolute atomic E-state index is 0.137. The summed E-state index contributed by atoms with van der Waals surface area (Å²) >= 11 is 0. The third kappa shape index (κ3) is 3.85. The van der Waals surface area contributed by atoms with E-state index in [2.05, 4.69) is 20.9 Å². The number of halogens is 1. The van der Waals surface area contributed by atoms with Gasteiger partial charge in [-0.1, -0.05) is 18.2 Å². The maximum atomic E-state index is 13.8. The maximum absolute atomic E-state index is 13.8. The van der Waals surface area contributed by atoms with Crippen molar-refractivity contribution in [3.8, 4) is 6.07 Å². The van der Waals surface area contributed by atoms with Crippen molar-refractivity contribution in [3.05, 3.63) is 59.5 Å².